The number of rotatable bonds is 2. The number of nitrogens with one attached hydrogen (secondary N) is 1. The molecule has 1 N–H and O–H groups in total. The number of ether oxygens (including phenoxy) is 1. The number of hydrogen-bond donors (Lipinski definition) is 1. The van der Waals surface area contributed by atoms with Gasteiger partial charge in [-0.15, -0.1) is 0 Å². The first-order chi connectivity index (χ1) is 12.1. The predicted molar refractivity (Wildman–Crippen MR) is 104 cm³/mol. The summed E-state index contributed by atoms with van der Waals surface area (Å²) in [6, 6.07) is 4.16. The topological polar surface area (TPSA) is 55.4 Å². The van der Waals surface area contributed by atoms with Crippen LogP contribution < -0.4 is 5.32 Å². The quantitative estimate of drug-likeness (QED) is 0.734. The fourth-order valence-electron chi connectivity index (χ4n) is 5.14. The Kier molecular flexibility index (Phi) is 4.85. The van der Waals surface area contributed by atoms with E-state index in [0.717, 1.165) is 36.1 Å². The van der Waals surface area contributed by atoms with Gasteiger partial charge in [-0.1, -0.05) is 50.9 Å². The molecule has 2 aliphatic rings. The summed E-state index contributed by atoms with van der Waals surface area (Å²) in [5.41, 5.74) is 1.80. The van der Waals surface area contributed by atoms with Crippen molar-refractivity contribution >= 4 is 29.2 Å². The first kappa shape index (κ1) is 19.2. The van der Waals surface area contributed by atoms with Crippen molar-refractivity contribution in [2.24, 2.45) is 11.3 Å². The highest BCUT2D eigenvalue weighted by Gasteiger charge is 2.56. The Morgan fingerprint density at radius 1 is 1.31 bits per heavy atom. The minimum Gasteiger partial charge on any atom is -0.469 e. The molecule has 0 bridgehead atoms. The lowest BCUT2D eigenvalue weighted by molar-refractivity contribution is -0.161. The molecule has 0 saturated heterocycles. The van der Waals surface area contributed by atoms with Gasteiger partial charge in [0.2, 0.25) is 5.91 Å². The summed E-state index contributed by atoms with van der Waals surface area (Å²) in [5.74, 6) is -0.170. The van der Waals surface area contributed by atoms with Gasteiger partial charge in [-0.2, -0.15) is 0 Å². The van der Waals surface area contributed by atoms with Gasteiger partial charge >= 0.3 is 5.97 Å². The highest BCUT2D eigenvalue weighted by atomic mass is 35.5. The van der Waals surface area contributed by atoms with Crippen LogP contribution in [0.15, 0.2) is 12.1 Å². The van der Waals surface area contributed by atoms with Gasteiger partial charge in [-0.25, -0.2) is 0 Å². The van der Waals surface area contributed by atoms with Crippen LogP contribution in [0, 0.1) is 11.3 Å². The molecule has 1 fully saturated rings. The van der Waals surface area contributed by atoms with E-state index in [4.69, 9.17) is 16.3 Å². The Morgan fingerprint density at radius 2 is 2.00 bits per heavy atom. The normalized spacial score (nSPS) is 30.9. The molecule has 26 heavy (non-hydrogen) atoms. The number of amides is 1. The second kappa shape index (κ2) is 6.56. The molecule has 0 aromatic heterocycles. The third kappa shape index (κ3) is 2.74. The Labute approximate surface area is 160 Å². The van der Waals surface area contributed by atoms with Gasteiger partial charge in [0.05, 0.1) is 23.2 Å². The Balaban J connectivity index is 2.22. The molecule has 1 amide bonds. The van der Waals surface area contributed by atoms with Crippen LogP contribution in [-0.2, 0) is 19.7 Å². The monoisotopic (exact) mass is 377 g/mol. The predicted octanol–water partition coefficient (Wildman–Crippen LogP) is 5.04. The minimum atomic E-state index is -0.677. The first-order valence-electron chi connectivity index (χ1n) is 9.36. The van der Waals surface area contributed by atoms with E-state index >= 15 is 0 Å². The van der Waals surface area contributed by atoms with E-state index in [1.807, 2.05) is 6.92 Å². The molecule has 1 aliphatic carbocycles. The summed E-state index contributed by atoms with van der Waals surface area (Å²) >= 11 is 6.71. The van der Waals surface area contributed by atoms with E-state index in [-0.39, 0.29) is 29.1 Å². The molecule has 3 atom stereocenters. The van der Waals surface area contributed by atoms with Crippen molar-refractivity contribution < 1.29 is 14.3 Å². The van der Waals surface area contributed by atoms with E-state index < -0.39 is 5.41 Å². The number of benzene rings is 1. The lowest BCUT2D eigenvalue weighted by atomic mass is 9.53. The largest absolute Gasteiger partial charge is 0.469 e. The SMILES string of the molecule is COC(=O)C1(C)CCCC2(C)c3ccc(C(C)C)c(Cl)c3NC(=O)CC12. The van der Waals surface area contributed by atoms with Crippen molar-refractivity contribution in [1.29, 1.82) is 0 Å². The van der Waals surface area contributed by atoms with Gasteiger partial charge in [0.25, 0.3) is 0 Å². The number of fused-ring (bicyclic) bond motifs is 3. The summed E-state index contributed by atoms with van der Waals surface area (Å²) in [5, 5.41) is 3.66. The molecular formula is C21H28ClNO3. The highest BCUT2D eigenvalue weighted by Crippen LogP contribution is 2.58. The van der Waals surface area contributed by atoms with Crippen LogP contribution in [0.2, 0.25) is 5.02 Å². The maximum atomic E-state index is 12.8. The van der Waals surface area contributed by atoms with E-state index in [1.54, 1.807) is 0 Å². The molecular weight excluding hydrogens is 350 g/mol. The van der Waals surface area contributed by atoms with Gasteiger partial charge in [-0.3, -0.25) is 9.59 Å². The first-order valence-corrected chi connectivity index (χ1v) is 9.74. The van der Waals surface area contributed by atoms with Crippen LogP contribution >= 0.6 is 11.6 Å². The zero-order valence-corrected chi connectivity index (χ0v) is 17.0. The molecule has 4 nitrogen and oxygen atoms in total. The number of carbonyl (C=O) groups is 2. The average Bonchev–Trinajstić information content (AvgIpc) is 2.70. The van der Waals surface area contributed by atoms with Crippen LogP contribution in [0.3, 0.4) is 0 Å². The molecule has 1 aromatic rings. The van der Waals surface area contributed by atoms with E-state index in [0.29, 0.717) is 11.4 Å². The van der Waals surface area contributed by atoms with Gasteiger partial charge in [0, 0.05) is 6.42 Å². The van der Waals surface area contributed by atoms with Crippen LogP contribution in [0.25, 0.3) is 0 Å². The molecule has 3 rings (SSSR count). The third-order valence-electron chi connectivity index (χ3n) is 6.65. The maximum Gasteiger partial charge on any atom is 0.311 e. The molecule has 0 spiro atoms. The van der Waals surface area contributed by atoms with Crippen LogP contribution in [0.4, 0.5) is 5.69 Å². The number of esters is 1. The Morgan fingerprint density at radius 3 is 2.62 bits per heavy atom. The maximum absolute atomic E-state index is 12.8. The van der Waals surface area contributed by atoms with Gasteiger partial charge in [0.1, 0.15) is 0 Å². The molecule has 1 aliphatic heterocycles. The lowest BCUT2D eigenvalue weighted by Crippen LogP contribution is -2.50. The summed E-state index contributed by atoms with van der Waals surface area (Å²) in [6.45, 7) is 8.29. The standard InChI is InChI=1S/C21H28ClNO3/c1-12(2)13-7-8-14-18(17(13)22)23-16(24)11-15-20(14,3)9-6-10-21(15,4)19(25)26-5/h7-8,12,15H,6,9-11H2,1-5H3,(H,23,24). The number of carbonyl (C=O) groups excluding carboxylic acids is 2. The second-order valence-electron chi connectivity index (χ2n) is 8.53. The minimum absolute atomic E-state index is 0.0835. The zero-order valence-electron chi connectivity index (χ0n) is 16.2. The van der Waals surface area contributed by atoms with Crippen LogP contribution in [0.1, 0.15) is 70.4 Å². The summed E-state index contributed by atoms with van der Waals surface area (Å²) in [6.07, 6.45) is 2.86. The van der Waals surface area contributed by atoms with Gasteiger partial charge < -0.3 is 10.1 Å². The van der Waals surface area contributed by atoms with Crippen molar-refractivity contribution in [2.75, 3.05) is 12.4 Å². The third-order valence-corrected chi connectivity index (χ3v) is 7.05. The summed E-state index contributed by atoms with van der Waals surface area (Å²) in [7, 11) is 1.43. The number of hydrogen-bond acceptors (Lipinski definition) is 3. The van der Waals surface area contributed by atoms with Crippen LogP contribution in [0.5, 0.6) is 0 Å². The van der Waals surface area contributed by atoms with Crippen molar-refractivity contribution in [2.45, 2.75) is 64.7 Å². The van der Waals surface area contributed by atoms with Crippen molar-refractivity contribution in [3.8, 4) is 0 Å². The number of halogens is 1. The number of methoxy groups -OCH3 is 1. The van der Waals surface area contributed by atoms with E-state index in [2.05, 4.69) is 38.2 Å². The van der Waals surface area contributed by atoms with E-state index in [1.165, 1.54) is 7.11 Å². The second-order valence-corrected chi connectivity index (χ2v) is 8.91. The molecule has 5 heteroatoms. The van der Waals surface area contributed by atoms with Crippen LogP contribution in [-0.4, -0.2) is 19.0 Å². The molecule has 1 saturated carbocycles. The molecule has 142 valence electrons. The molecule has 1 heterocycles. The Bertz CT molecular complexity index is 760. The molecule has 0 radical (unpaired) electrons. The Hall–Kier alpha value is -1.55. The average molecular weight is 378 g/mol. The van der Waals surface area contributed by atoms with Crippen molar-refractivity contribution in [1.82, 2.24) is 0 Å². The number of anilines is 1. The molecule has 1 aromatic carbocycles. The lowest BCUT2D eigenvalue weighted by Gasteiger charge is -2.50. The van der Waals surface area contributed by atoms with Gasteiger partial charge in [-0.05, 0) is 48.1 Å². The fourth-order valence-corrected chi connectivity index (χ4v) is 5.57. The molecule has 3 unspecified atom stereocenters. The smallest absolute Gasteiger partial charge is 0.311 e. The summed E-state index contributed by atoms with van der Waals surface area (Å²) in [4.78, 5) is 25.4. The summed E-state index contributed by atoms with van der Waals surface area (Å²) < 4.78 is 5.13. The highest BCUT2D eigenvalue weighted by molar-refractivity contribution is 6.35. The zero-order chi connectivity index (χ0) is 19.3. The van der Waals surface area contributed by atoms with E-state index in [9.17, 15) is 9.59 Å². The van der Waals surface area contributed by atoms with Crippen molar-refractivity contribution in [3.05, 3.63) is 28.3 Å². The van der Waals surface area contributed by atoms with Gasteiger partial charge in [0.15, 0.2) is 0 Å². The fraction of sp³-hybridized carbons (Fsp3) is 0.619. The van der Waals surface area contributed by atoms with Crippen molar-refractivity contribution in [3.63, 3.8) is 0 Å².